The predicted octanol–water partition coefficient (Wildman–Crippen LogP) is 3.05. The molecule has 0 amide bonds. The highest BCUT2D eigenvalue weighted by Crippen LogP contribution is 2.23. The van der Waals surface area contributed by atoms with Gasteiger partial charge in [0.25, 0.3) is 0 Å². The first-order valence-electron chi connectivity index (χ1n) is 6.16. The van der Waals surface area contributed by atoms with E-state index in [0.29, 0.717) is 18.2 Å². The van der Waals surface area contributed by atoms with E-state index in [1.807, 2.05) is 12.1 Å². The highest BCUT2D eigenvalue weighted by atomic mass is 16.5. The third-order valence-corrected chi connectivity index (χ3v) is 2.68. The normalized spacial score (nSPS) is 11.3. The molecule has 0 spiro atoms. The minimum Gasteiger partial charge on any atom is -0.476 e. The molecule has 0 radical (unpaired) electrons. The third kappa shape index (κ3) is 4.13. The maximum absolute atomic E-state index is 5.81. The molecule has 0 aliphatic heterocycles. The number of hydrogen-bond acceptors (Lipinski definition) is 4. The number of nitrogen functional groups attached to an aromatic ring is 1. The van der Waals surface area contributed by atoms with Crippen molar-refractivity contribution in [2.45, 2.75) is 46.1 Å². The van der Waals surface area contributed by atoms with Crippen molar-refractivity contribution in [2.24, 2.45) is 0 Å². The van der Waals surface area contributed by atoms with E-state index in [2.05, 4.69) is 38.0 Å². The van der Waals surface area contributed by atoms with Crippen molar-refractivity contribution >= 4 is 11.5 Å². The molecule has 1 aromatic heterocycles. The van der Waals surface area contributed by atoms with Crippen LogP contribution < -0.4 is 15.8 Å². The standard InChI is InChI=1S/C13H23N3O/c1-5-9-17-12-10(14)7-8-11(15-12)16-13(3,4)6-2/h7-8H,5-6,9,14H2,1-4H3,(H,15,16). The average molecular weight is 237 g/mol. The van der Waals surface area contributed by atoms with Gasteiger partial charge in [0.2, 0.25) is 5.88 Å². The van der Waals surface area contributed by atoms with Crippen molar-refractivity contribution in [1.82, 2.24) is 4.98 Å². The van der Waals surface area contributed by atoms with Gasteiger partial charge in [-0.05, 0) is 38.8 Å². The summed E-state index contributed by atoms with van der Waals surface area (Å²) in [5, 5.41) is 3.37. The number of hydrogen-bond donors (Lipinski definition) is 2. The lowest BCUT2D eigenvalue weighted by Crippen LogP contribution is -2.30. The van der Waals surface area contributed by atoms with E-state index in [1.54, 1.807) is 0 Å². The van der Waals surface area contributed by atoms with E-state index in [0.717, 1.165) is 18.7 Å². The van der Waals surface area contributed by atoms with E-state index in [1.165, 1.54) is 0 Å². The molecule has 1 heterocycles. The zero-order valence-corrected chi connectivity index (χ0v) is 11.2. The van der Waals surface area contributed by atoms with Gasteiger partial charge in [0, 0.05) is 5.54 Å². The van der Waals surface area contributed by atoms with Gasteiger partial charge in [0.05, 0.1) is 12.3 Å². The molecule has 0 aliphatic carbocycles. The molecular formula is C13H23N3O. The second-order valence-electron chi connectivity index (χ2n) is 4.80. The van der Waals surface area contributed by atoms with E-state index in [9.17, 15) is 0 Å². The topological polar surface area (TPSA) is 60.2 Å². The Balaban J connectivity index is 2.81. The molecule has 17 heavy (non-hydrogen) atoms. The van der Waals surface area contributed by atoms with Crippen LogP contribution in [0.4, 0.5) is 11.5 Å². The third-order valence-electron chi connectivity index (χ3n) is 2.68. The van der Waals surface area contributed by atoms with E-state index in [4.69, 9.17) is 10.5 Å². The van der Waals surface area contributed by atoms with Crippen molar-refractivity contribution in [1.29, 1.82) is 0 Å². The Bertz CT molecular complexity index is 364. The number of pyridine rings is 1. The fraction of sp³-hybridized carbons (Fsp3) is 0.615. The molecule has 0 unspecified atom stereocenters. The van der Waals surface area contributed by atoms with Gasteiger partial charge in [0.1, 0.15) is 5.82 Å². The lowest BCUT2D eigenvalue weighted by Gasteiger charge is -2.25. The lowest BCUT2D eigenvalue weighted by atomic mass is 10.0. The largest absolute Gasteiger partial charge is 0.476 e. The highest BCUT2D eigenvalue weighted by molar-refractivity contribution is 5.54. The molecule has 0 fully saturated rings. The molecule has 0 aromatic carbocycles. The van der Waals surface area contributed by atoms with Crippen LogP contribution in [0.3, 0.4) is 0 Å². The van der Waals surface area contributed by atoms with Crippen LogP contribution in [0.2, 0.25) is 0 Å². The Morgan fingerprint density at radius 1 is 1.35 bits per heavy atom. The Morgan fingerprint density at radius 3 is 2.65 bits per heavy atom. The number of aromatic nitrogens is 1. The van der Waals surface area contributed by atoms with Crippen molar-refractivity contribution < 1.29 is 4.74 Å². The van der Waals surface area contributed by atoms with Gasteiger partial charge in [-0.3, -0.25) is 0 Å². The van der Waals surface area contributed by atoms with E-state index in [-0.39, 0.29) is 5.54 Å². The van der Waals surface area contributed by atoms with Crippen LogP contribution >= 0.6 is 0 Å². The second kappa shape index (κ2) is 5.75. The summed E-state index contributed by atoms with van der Waals surface area (Å²) in [6.07, 6.45) is 1.96. The monoisotopic (exact) mass is 237 g/mol. The van der Waals surface area contributed by atoms with Gasteiger partial charge >= 0.3 is 0 Å². The number of nitrogens with two attached hydrogens (primary N) is 1. The molecule has 0 saturated heterocycles. The van der Waals surface area contributed by atoms with Crippen LogP contribution in [0.15, 0.2) is 12.1 Å². The molecule has 0 bridgehead atoms. The van der Waals surface area contributed by atoms with Crippen molar-refractivity contribution in [3.8, 4) is 5.88 Å². The minimum atomic E-state index is 0.0190. The maximum atomic E-state index is 5.81. The van der Waals surface area contributed by atoms with Gasteiger partial charge in [-0.25, -0.2) is 0 Å². The molecule has 1 rings (SSSR count). The Hall–Kier alpha value is -1.45. The van der Waals surface area contributed by atoms with Gasteiger partial charge in [-0.1, -0.05) is 13.8 Å². The van der Waals surface area contributed by atoms with Gasteiger partial charge in [0.15, 0.2) is 0 Å². The summed E-state index contributed by atoms with van der Waals surface area (Å²) in [5.41, 5.74) is 6.41. The molecule has 4 nitrogen and oxygen atoms in total. The van der Waals surface area contributed by atoms with Crippen LogP contribution in [0, 0.1) is 0 Å². The number of anilines is 2. The first-order chi connectivity index (χ1) is 7.98. The summed E-state index contributed by atoms with van der Waals surface area (Å²) in [6, 6.07) is 3.71. The molecular weight excluding hydrogens is 214 g/mol. The summed E-state index contributed by atoms with van der Waals surface area (Å²) in [7, 11) is 0. The molecule has 4 heteroatoms. The maximum Gasteiger partial charge on any atom is 0.239 e. The minimum absolute atomic E-state index is 0.0190. The van der Waals surface area contributed by atoms with Crippen molar-refractivity contribution in [2.75, 3.05) is 17.7 Å². The van der Waals surface area contributed by atoms with Crippen LogP contribution in [-0.4, -0.2) is 17.1 Å². The Labute approximate surface area is 104 Å². The smallest absolute Gasteiger partial charge is 0.239 e. The molecule has 0 atom stereocenters. The fourth-order valence-electron chi connectivity index (χ4n) is 1.27. The quantitative estimate of drug-likeness (QED) is 0.798. The molecule has 3 N–H and O–H groups in total. The Kier molecular flexibility index (Phi) is 4.61. The summed E-state index contributed by atoms with van der Waals surface area (Å²) in [4.78, 5) is 4.38. The number of ether oxygens (including phenoxy) is 1. The number of nitrogens with one attached hydrogen (secondary N) is 1. The summed E-state index contributed by atoms with van der Waals surface area (Å²) < 4.78 is 5.50. The zero-order valence-electron chi connectivity index (χ0n) is 11.2. The molecule has 0 saturated carbocycles. The molecule has 96 valence electrons. The zero-order chi connectivity index (χ0) is 12.9. The van der Waals surface area contributed by atoms with Crippen LogP contribution in [-0.2, 0) is 0 Å². The molecule has 1 aromatic rings. The van der Waals surface area contributed by atoms with Crippen molar-refractivity contribution in [3.63, 3.8) is 0 Å². The van der Waals surface area contributed by atoms with E-state index >= 15 is 0 Å². The average Bonchev–Trinajstić information content (AvgIpc) is 2.29. The first kappa shape index (κ1) is 13.6. The van der Waals surface area contributed by atoms with Gasteiger partial charge in [-0.15, -0.1) is 0 Å². The van der Waals surface area contributed by atoms with Crippen LogP contribution in [0.1, 0.15) is 40.5 Å². The number of nitrogens with zero attached hydrogens (tertiary/aromatic N) is 1. The van der Waals surface area contributed by atoms with Gasteiger partial charge in [-0.2, -0.15) is 4.98 Å². The second-order valence-corrected chi connectivity index (χ2v) is 4.80. The van der Waals surface area contributed by atoms with Crippen molar-refractivity contribution in [3.05, 3.63) is 12.1 Å². The molecule has 0 aliphatic rings. The Morgan fingerprint density at radius 2 is 2.06 bits per heavy atom. The number of rotatable bonds is 6. The summed E-state index contributed by atoms with van der Waals surface area (Å²) >= 11 is 0. The summed E-state index contributed by atoms with van der Waals surface area (Å²) in [5.74, 6) is 1.32. The SMILES string of the molecule is CCCOc1nc(NC(C)(C)CC)ccc1N. The van der Waals surface area contributed by atoms with Crippen LogP contribution in [0.25, 0.3) is 0 Å². The van der Waals surface area contributed by atoms with E-state index < -0.39 is 0 Å². The fourth-order valence-corrected chi connectivity index (χ4v) is 1.27. The van der Waals surface area contributed by atoms with Crippen LogP contribution in [0.5, 0.6) is 5.88 Å². The first-order valence-corrected chi connectivity index (χ1v) is 6.16. The predicted molar refractivity (Wildman–Crippen MR) is 72.4 cm³/mol. The highest BCUT2D eigenvalue weighted by Gasteiger charge is 2.15. The van der Waals surface area contributed by atoms with Gasteiger partial charge < -0.3 is 15.8 Å². The lowest BCUT2D eigenvalue weighted by molar-refractivity contribution is 0.307. The summed E-state index contributed by atoms with van der Waals surface area (Å²) in [6.45, 7) is 9.10.